The van der Waals surface area contributed by atoms with E-state index in [1.165, 1.54) is 0 Å². The first-order valence-corrected chi connectivity index (χ1v) is 15.7. The molecule has 6 heteroatoms. The summed E-state index contributed by atoms with van der Waals surface area (Å²) in [5.41, 5.74) is 0. The molecule has 98 valence electrons. The Hall–Kier alpha value is 0.921. The Morgan fingerprint density at radius 3 is 1.69 bits per heavy atom. The maximum atomic E-state index is 6.37. The van der Waals surface area contributed by atoms with Crippen LogP contribution in [0, 0.1) is 0 Å². The number of hydrogen-bond donors (Lipinski definition) is 1. The number of thiol groups is 1. The SMILES string of the molecule is CCC(S)[Si](C)(C)O[Si](C)(C)O[Si](C)(C)C. The molecule has 0 heterocycles. The topological polar surface area (TPSA) is 18.5 Å². The zero-order chi connectivity index (χ0) is 13.2. The molecule has 1 unspecified atom stereocenters. The summed E-state index contributed by atoms with van der Waals surface area (Å²) in [5, 5.41) is 0. The lowest BCUT2D eigenvalue weighted by molar-refractivity contribution is 0.390. The maximum Gasteiger partial charge on any atom is 0.311 e. The highest BCUT2D eigenvalue weighted by Gasteiger charge is 2.40. The van der Waals surface area contributed by atoms with Gasteiger partial charge in [0, 0.05) is 4.87 Å². The zero-order valence-corrected chi connectivity index (χ0v) is 15.9. The predicted octanol–water partition coefficient (Wildman–Crippen LogP) is 4.01. The molecule has 0 rings (SSSR count). The fraction of sp³-hybridized carbons (Fsp3) is 1.00. The minimum Gasteiger partial charge on any atom is -0.437 e. The van der Waals surface area contributed by atoms with Gasteiger partial charge in [-0.25, -0.2) is 0 Å². The van der Waals surface area contributed by atoms with Gasteiger partial charge in [0.15, 0.2) is 16.6 Å². The molecule has 16 heavy (non-hydrogen) atoms. The molecule has 0 fully saturated rings. The van der Waals surface area contributed by atoms with E-state index in [4.69, 9.17) is 8.23 Å². The molecule has 0 aliphatic rings. The first-order valence-electron chi connectivity index (χ1n) is 5.98. The maximum absolute atomic E-state index is 6.37. The van der Waals surface area contributed by atoms with Crippen molar-refractivity contribution < 1.29 is 8.23 Å². The normalized spacial score (nSPS) is 16.3. The molecular weight excluding hydrogens is 268 g/mol. The van der Waals surface area contributed by atoms with Gasteiger partial charge in [0.1, 0.15) is 0 Å². The summed E-state index contributed by atoms with van der Waals surface area (Å²) in [6, 6.07) is 0. The smallest absolute Gasteiger partial charge is 0.311 e. The molecule has 0 bridgehead atoms. The fourth-order valence-electron chi connectivity index (χ4n) is 1.95. The van der Waals surface area contributed by atoms with Crippen molar-refractivity contribution >= 4 is 37.8 Å². The molecule has 0 radical (unpaired) electrons. The van der Waals surface area contributed by atoms with E-state index in [9.17, 15) is 0 Å². The highest BCUT2D eigenvalue weighted by atomic mass is 32.1. The Labute approximate surface area is 110 Å². The van der Waals surface area contributed by atoms with Crippen molar-refractivity contribution in [3.63, 3.8) is 0 Å². The molecule has 0 aliphatic carbocycles. The van der Waals surface area contributed by atoms with E-state index in [1.54, 1.807) is 0 Å². The van der Waals surface area contributed by atoms with Crippen molar-refractivity contribution in [1.29, 1.82) is 0 Å². The zero-order valence-electron chi connectivity index (χ0n) is 12.0. The van der Waals surface area contributed by atoms with Crippen LogP contribution in [0.15, 0.2) is 0 Å². The summed E-state index contributed by atoms with van der Waals surface area (Å²) in [6.45, 7) is 17.6. The molecule has 2 nitrogen and oxygen atoms in total. The van der Waals surface area contributed by atoms with Crippen LogP contribution in [-0.4, -0.2) is 30.1 Å². The van der Waals surface area contributed by atoms with E-state index < -0.39 is 25.2 Å². The molecule has 0 amide bonds. The Bertz CT molecular complexity index is 227. The molecule has 0 aromatic rings. The summed E-state index contributed by atoms with van der Waals surface area (Å²) in [4.78, 5) is 0.393. The Balaban J connectivity index is 4.57. The first-order chi connectivity index (χ1) is 6.90. The van der Waals surface area contributed by atoms with Gasteiger partial charge < -0.3 is 8.23 Å². The molecular formula is C10H28O2SSi3. The molecule has 0 saturated heterocycles. The predicted molar refractivity (Wildman–Crippen MR) is 83.5 cm³/mol. The van der Waals surface area contributed by atoms with Crippen LogP contribution in [0.25, 0.3) is 0 Å². The third-order valence-corrected chi connectivity index (χ3v) is 15.0. The lowest BCUT2D eigenvalue weighted by Gasteiger charge is -2.39. The average molecular weight is 297 g/mol. The monoisotopic (exact) mass is 296 g/mol. The lowest BCUT2D eigenvalue weighted by Crippen LogP contribution is -2.55. The summed E-state index contributed by atoms with van der Waals surface area (Å²) in [5.74, 6) is 0. The molecule has 0 aromatic heterocycles. The Kier molecular flexibility index (Phi) is 6.04. The van der Waals surface area contributed by atoms with E-state index >= 15 is 0 Å². The molecule has 0 N–H and O–H groups in total. The van der Waals surface area contributed by atoms with Crippen LogP contribution < -0.4 is 0 Å². The van der Waals surface area contributed by atoms with Crippen LogP contribution in [0.1, 0.15) is 13.3 Å². The van der Waals surface area contributed by atoms with E-state index in [0.29, 0.717) is 4.87 Å². The molecule has 0 saturated carbocycles. The van der Waals surface area contributed by atoms with Crippen LogP contribution in [0.5, 0.6) is 0 Å². The van der Waals surface area contributed by atoms with Gasteiger partial charge >= 0.3 is 8.56 Å². The van der Waals surface area contributed by atoms with Gasteiger partial charge in [-0.05, 0) is 52.2 Å². The third kappa shape index (κ3) is 6.61. The van der Waals surface area contributed by atoms with Crippen LogP contribution in [-0.2, 0) is 8.23 Å². The molecule has 0 spiro atoms. The van der Waals surface area contributed by atoms with E-state index in [-0.39, 0.29) is 0 Å². The summed E-state index contributed by atoms with van der Waals surface area (Å²) in [6.07, 6.45) is 1.07. The van der Waals surface area contributed by atoms with Crippen LogP contribution in [0.4, 0.5) is 0 Å². The van der Waals surface area contributed by atoms with Gasteiger partial charge in [-0.15, -0.1) is 0 Å². The Morgan fingerprint density at radius 2 is 1.38 bits per heavy atom. The van der Waals surface area contributed by atoms with E-state index in [2.05, 4.69) is 65.4 Å². The van der Waals surface area contributed by atoms with Crippen molar-refractivity contribution in [2.45, 2.75) is 64.0 Å². The number of hydrogen-bond acceptors (Lipinski definition) is 3. The third-order valence-electron chi connectivity index (χ3n) is 2.25. The summed E-state index contributed by atoms with van der Waals surface area (Å²) in [7, 11) is -5.20. The summed E-state index contributed by atoms with van der Waals surface area (Å²) < 4.78 is 12.6. The average Bonchev–Trinajstić information content (AvgIpc) is 1.95. The minimum atomic E-state index is -1.98. The largest absolute Gasteiger partial charge is 0.437 e. The molecule has 0 aromatic carbocycles. The highest BCUT2D eigenvalue weighted by Crippen LogP contribution is 2.25. The van der Waals surface area contributed by atoms with Gasteiger partial charge in [0.25, 0.3) is 0 Å². The fourth-order valence-corrected chi connectivity index (χ4v) is 15.5. The van der Waals surface area contributed by atoms with Gasteiger partial charge in [0.05, 0.1) is 0 Å². The van der Waals surface area contributed by atoms with Crippen molar-refractivity contribution in [2.75, 3.05) is 0 Å². The van der Waals surface area contributed by atoms with E-state index in [0.717, 1.165) is 6.42 Å². The van der Waals surface area contributed by atoms with Gasteiger partial charge in [-0.2, -0.15) is 12.6 Å². The lowest BCUT2D eigenvalue weighted by atomic mass is 10.6. The van der Waals surface area contributed by atoms with Crippen molar-refractivity contribution in [2.24, 2.45) is 0 Å². The van der Waals surface area contributed by atoms with Crippen molar-refractivity contribution in [3.05, 3.63) is 0 Å². The van der Waals surface area contributed by atoms with Crippen LogP contribution in [0.3, 0.4) is 0 Å². The van der Waals surface area contributed by atoms with Crippen molar-refractivity contribution in [3.8, 4) is 0 Å². The minimum absolute atomic E-state index is 0.393. The number of rotatable bonds is 6. The second-order valence-corrected chi connectivity index (χ2v) is 19.9. The molecule has 1 atom stereocenters. The van der Waals surface area contributed by atoms with E-state index in [1.807, 2.05) is 0 Å². The molecule has 0 aliphatic heterocycles. The Morgan fingerprint density at radius 1 is 0.938 bits per heavy atom. The summed E-state index contributed by atoms with van der Waals surface area (Å²) >= 11 is 4.65. The standard InChI is InChI=1S/C10H28O2SSi3/c1-9-10(13)15(5,6)12-16(7,8)11-14(2,3)4/h10,13H,9H2,1-8H3. The van der Waals surface area contributed by atoms with Gasteiger partial charge in [0.2, 0.25) is 0 Å². The van der Waals surface area contributed by atoms with Crippen molar-refractivity contribution in [1.82, 2.24) is 0 Å². The quantitative estimate of drug-likeness (QED) is 0.590. The van der Waals surface area contributed by atoms with Gasteiger partial charge in [-0.1, -0.05) is 6.92 Å². The second-order valence-electron chi connectivity index (χ2n) is 6.24. The van der Waals surface area contributed by atoms with Crippen LogP contribution >= 0.6 is 12.6 Å². The highest BCUT2D eigenvalue weighted by molar-refractivity contribution is 7.83. The second kappa shape index (κ2) is 5.71. The first kappa shape index (κ1) is 16.9. The van der Waals surface area contributed by atoms with Gasteiger partial charge in [-0.3, -0.25) is 0 Å². The van der Waals surface area contributed by atoms with Crippen LogP contribution in [0.2, 0.25) is 45.8 Å².